The Bertz CT molecular complexity index is 425. The molecule has 0 aromatic heterocycles. The molecule has 0 spiro atoms. The monoisotopic (exact) mass is 344 g/mol. The Kier molecular flexibility index (Phi) is 5.55. The van der Waals surface area contributed by atoms with Crippen LogP contribution in [0.25, 0.3) is 0 Å². The van der Waals surface area contributed by atoms with Crippen molar-refractivity contribution in [1.82, 2.24) is 4.90 Å². The number of hydrogen-bond donors (Lipinski definition) is 1. The molecule has 1 heterocycles. The molecular formula is C15H22BrClN2. The minimum Gasteiger partial charge on any atom is -0.381 e. The highest BCUT2D eigenvalue weighted by Gasteiger charge is 2.24. The van der Waals surface area contributed by atoms with Crippen molar-refractivity contribution in [2.24, 2.45) is 5.92 Å². The normalized spacial score (nSPS) is 22.2. The number of benzene rings is 1. The van der Waals surface area contributed by atoms with E-state index in [1.54, 1.807) is 0 Å². The van der Waals surface area contributed by atoms with Gasteiger partial charge in [-0.3, -0.25) is 0 Å². The van der Waals surface area contributed by atoms with E-state index in [1.807, 2.05) is 12.1 Å². The molecule has 1 N–H and O–H groups in total. The topological polar surface area (TPSA) is 15.3 Å². The lowest BCUT2D eigenvalue weighted by atomic mass is 9.91. The van der Waals surface area contributed by atoms with Crippen LogP contribution in [0.3, 0.4) is 0 Å². The Morgan fingerprint density at radius 1 is 1.53 bits per heavy atom. The average Bonchev–Trinajstić information content (AvgIpc) is 2.43. The Labute approximate surface area is 129 Å². The van der Waals surface area contributed by atoms with Crippen molar-refractivity contribution in [3.05, 3.63) is 27.7 Å². The van der Waals surface area contributed by atoms with Crippen LogP contribution in [0, 0.1) is 5.92 Å². The number of halogens is 2. The zero-order valence-electron chi connectivity index (χ0n) is 11.6. The molecule has 2 rings (SSSR count). The summed E-state index contributed by atoms with van der Waals surface area (Å²) >= 11 is 9.74. The molecule has 2 unspecified atom stereocenters. The standard InChI is InChI=1S/C15H22BrClN2/c1-3-19-8-4-5-12(10-19)11(2)18-15-9-13(16)6-7-14(15)17/h6-7,9,11-12,18H,3-5,8,10H2,1-2H3. The van der Waals surface area contributed by atoms with E-state index in [0.717, 1.165) is 21.7 Å². The van der Waals surface area contributed by atoms with Crippen molar-refractivity contribution in [2.75, 3.05) is 25.0 Å². The first kappa shape index (κ1) is 15.1. The molecule has 106 valence electrons. The molecule has 0 amide bonds. The molecule has 2 nitrogen and oxygen atoms in total. The van der Waals surface area contributed by atoms with Crippen LogP contribution in [0.1, 0.15) is 26.7 Å². The van der Waals surface area contributed by atoms with E-state index < -0.39 is 0 Å². The van der Waals surface area contributed by atoms with Crippen LogP contribution in [-0.2, 0) is 0 Å². The number of hydrogen-bond acceptors (Lipinski definition) is 2. The molecule has 1 aliphatic heterocycles. The molecule has 1 aromatic carbocycles. The molecule has 1 aliphatic rings. The SMILES string of the molecule is CCN1CCCC(C(C)Nc2cc(Br)ccc2Cl)C1. The van der Waals surface area contributed by atoms with Gasteiger partial charge in [0.25, 0.3) is 0 Å². The van der Waals surface area contributed by atoms with E-state index in [4.69, 9.17) is 11.6 Å². The summed E-state index contributed by atoms with van der Waals surface area (Å²) in [6, 6.07) is 6.40. The van der Waals surface area contributed by atoms with Crippen molar-refractivity contribution < 1.29 is 0 Å². The van der Waals surface area contributed by atoms with E-state index in [1.165, 1.54) is 25.9 Å². The quantitative estimate of drug-likeness (QED) is 0.855. The zero-order chi connectivity index (χ0) is 13.8. The van der Waals surface area contributed by atoms with Gasteiger partial charge >= 0.3 is 0 Å². The smallest absolute Gasteiger partial charge is 0.0638 e. The molecule has 2 atom stereocenters. The third-order valence-electron chi connectivity index (χ3n) is 4.01. The Morgan fingerprint density at radius 3 is 3.05 bits per heavy atom. The minimum absolute atomic E-state index is 0.446. The van der Waals surface area contributed by atoms with E-state index in [-0.39, 0.29) is 0 Å². The first-order chi connectivity index (χ1) is 9.10. The predicted molar refractivity (Wildman–Crippen MR) is 87.1 cm³/mol. The Balaban J connectivity index is 2.00. The second-order valence-corrected chi connectivity index (χ2v) is 6.68. The molecule has 1 aromatic rings. The van der Waals surface area contributed by atoms with Crippen molar-refractivity contribution in [3.63, 3.8) is 0 Å². The highest BCUT2D eigenvalue weighted by Crippen LogP contribution is 2.29. The lowest BCUT2D eigenvalue weighted by Crippen LogP contribution is -2.41. The lowest BCUT2D eigenvalue weighted by Gasteiger charge is -2.35. The van der Waals surface area contributed by atoms with E-state index in [9.17, 15) is 0 Å². The molecule has 0 saturated carbocycles. The number of piperidine rings is 1. The van der Waals surface area contributed by atoms with Gasteiger partial charge in [-0.15, -0.1) is 0 Å². The summed E-state index contributed by atoms with van der Waals surface area (Å²) in [7, 11) is 0. The van der Waals surface area contributed by atoms with Crippen LogP contribution in [-0.4, -0.2) is 30.6 Å². The Hall–Kier alpha value is -0.250. The van der Waals surface area contributed by atoms with Gasteiger partial charge in [0.1, 0.15) is 0 Å². The summed E-state index contributed by atoms with van der Waals surface area (Å²) in [6.07, 6.45) is 2.60. The van der Waals surface area contributed by atoms with E-state index in [2.05, 4.69) is 46.1 Å². The zero-order valence-corrected chi connectivity index (χ0v) is 14.0. The van der Waals surface area contributed by atoms with Gasteiger partial charge in [-0.25, -0.2) is 0 Å². The van der Waals surface area contributed by atoms with E-state index in [0.29, 0.717) is 12.0 Å². The summed E-state index contributed by atoms with van der Waals surface area (Å²) in [6.45, 7) is 8.10. The number of rotatable bonds is 4. The van der Waals surface area contributed by atoms with Gasteiger partial charge in [0, 0.05) is 17.1 Å². The molecule has 0 radical (unpaired) electrons. The van der Waals surface area contributed by atoms with Crippen LogP contribution in [0.4, 0.5) is 5.69 Å². The van der Waals surface area contributed by atoms with Crippen LogP contribution in [0.2, 0.25) is 5.02 Å². The third-order valence-corrected chi connectivity index (χ3v) is 4.83. The van der Waals surface area contributed by atoms with Gasteiger partial charge in [0.15, 0.2) is 0 Å². The number of anilines is 1. The van der Waals surface area contributed by atoms with Crippen LogP contribution in [0.5, 0.6) is 0 Å². The molecule has 19 heavy (non-hydrogen) atoms. The average molecular weight is 346 g/mol. The van der Waals surface area contributed by atoms with Crippen molar-refractivity contribution in [1.29, 1.82) is 0 Å². The first-order valence-corrected chi connectivity index (χ1v) is 8.21. The van der Waals surface area contributed by atoms with Gasteiger partial charge in [-0.1, -0.05) is 34.5 Å². The largest absolute Gasteiger partial charge is 0.381 e. The molecule has 0 aliphatic carbocycles. The number of nitrogens with zero attached hydrogens (tertiary/aromatic N) is 1. The summed E-state index contributed by atoms with van der Waals surface area (Å²) in [5, 5.41) is 4.37. The molecular weight excluding hydrogens is 324 g/mol. The summed E-state index contributed by atoms with van der Waals surface area (Å²) < 4.78 is 1.06. The highest BCUT2D eigenvalue weighted by molar-refractivity contribution is 9.10. The fraction of sp³-hybridized carbons (Fsp3) is 0.600. The van der Waals surface area contributed by atoms with Gasteiger partial charge in [0.05, 0.1) is 10.7 Å². The lowest BCUT2D eigenvalue weighted by molar-refractivity contribution is 0.172. The maximum atomic E-state index is 6.24. The number of nitrogens with one attached hydrogen (secondary N) is 1. The van der Waals surface area contributed by atoms with Gasteiger partial charge in [-0.05, 0) is 57.0 Å². The van der Waals surface area contributed by atoms with Crippen molar-refractivity contribution >= 4 is 33.2 Å². The summed E-state index contributed by atoms with van der Waals surface area (Å²) in [5.74, 6) is 0.698. The van der Waals surface area contributed by atoms with Gasteiger partial charge in [0.2, 0.25) is 0 Å². The van der Waals surface area contributed by atoms with Crippen LogP contribution < -0.4 is 5.32 Å². The van der Waals surface area contributed by atoms with Crippen LogP contribution in [0.15, 0.2) is 22.7 Å². The van der Waals surface area contributed by atoms with Crippen molar-refractivity contribution in [2.45, 2.75) is 32.7 Å². The summed E-state index contributed by atoms with van der Waals surface area (Å²) in [5.41, 5.74) is 1.03. The van der Waals surface area contributed by atoms with Crippen LogP contribution >= 0.6 is 27.5 Å². The Morgan fingerprint density at radius 2 is 2.32 bits per heavy atom. The predicted octanol–water partition coefficient (Wildman–Crippen LogP) is 4.63. The van der Waals surface area contributed by atoms with Gasteiger partial charge < -0.3 is 10.2 Å². The van der Waals surface area contributed by atoms with E-state index >= 15 is 0 Å². The maximum absolute atomic E-state index is 6.24. The fourth-order valence-corrected chi connectivity index (χ4v) is 3.29. The second-order valence-electron chi connectivity index (χ2n) is 5.35. The third kappa shape index (κ3) is 4.11. The molecule has 0 bridgehead atoms. The fourth-order valence-electron chi connectivity index (χ4n) is 2.76. The minimum atomic E-state index is 0.446. The first-order valence-electron chi connectivity index (χ1n) is 7.04. The van der Waals surface area contributed by atoms with Crippen molar-refractivity contribution in [3.8, 4) is 0 Å². The maximum Gasteiger partial charge on any atom is 0.0638 e. The summed E-state index contributed by atoms with van der Waals surface area (Å²) in [4.78, 5) is 2.54. The molecule has 1 fully saturated rings. The molecule has 4 heteroatoms. The second kappa shape index (κ2) is 6.96. The number of likely N-dealkylation sites (tertiary alicyclic amines) is 1. The molecule has 1 saturated heterocycles. The highest BCUT2D eigenvalue weighted by atomic mass is 79.9. The van der Waals surface area contributed by atoms with Gasteiger partial charge in [-0.2, -0.15) is 0 Å².